The third-order valence-electron chi connectivity index (χ3n) is 7.77. The maximum absolute atomic E-state index is 14.2. The molecule has 2 saturated heterocycles. The maximum Gasteiger partial charge on any atom is 0.247 e. The van der Waals surface area contributed by atoms with E-state index < -0.39 is 28.2 Å². The summed E-state index contributed by atoms with van der Waals surface area (Å²) in [5.74, 6) is -1.07. The van der Waals surface area contributed by atoms with Crippen molar-refractivity contribution in [3.8, 4) is 5.75 Å². The zero-order valence-corrected chi connectivity index (χ0v) is 22.6. The van der Waals surface area contributed by atoms with Gasteiger partial charge in [-0.3, -0.25) is 14.4 Å². The minimum atomic E-state index is -0.875. The van der Waals surface area contributed by atoms with Gasteiger partial charge in [0.05, 0.1) is 29.8 Å². The number of aliphatic hydroxyl groups excluding tert-OH is 1. The Morgan fingerprint density at radius 1 is 1.05 bits per heavy atom. The van der Waals surface area contributed by atoms with Crippen LogP contribution >= 0.6 is 11.8 Å². The van der Waals surface area contributed by atoms with Crippen molar-refractivity contribution in [3.63, 3.8) is 0 Å². The van der Waals surface area contributed by atoms with Crippen molar-refractivity contribution in [2.75, 3.05) is 37.7 Å². The van der Waals surface area contributed by atoms with Crippen LogP contribution in [0.4, 0.5) is 5.69 Å². The van der Waals surface area contributed by atoms with Gasteiger partial charge in [0, 0.05) is 36.1 Å². The normalized spacial score (nSPS) is 31.3. The standard InChI is InChI=1S/C28H35N3O5S/c1-5-36-19-11-9-18(10-12-19)29-14-6-8-20-21(24(29)33)22-25(34)30(16-17-32)23-26(35)31(27(2,3)4)15-7-13-28(22,23)37-20/h6-13,20-23,32H,5,14-17H2,1-4H3/t20-,21+,22+,23?,28+/m1/s1. The Hall–Kier alpha value is -2.78. The monoisotopic (exact) mass is 525 g/mol. The molecule has 1 aromatic carbocycles. The lowest BCUT2D eigenvalue weighted by Gasteiger charge is -2.40. The number of benzene rings is 1. The van der Waals surface area contributed by atoms with Crippen LogP contribution in [0.15, 0.2) is 48.6 Å². The molecule has 3 amide bonds. The average Bonchev–Trinajstić information content (AvgIpc) is 3.14. The van der Waals surface area contributed by atoms with E-state index >= 15 is 0 Å². The van der Waals surface area contributed by atoms with Crippen LogP contribution in [0.2, 0.25) is 0 Å². The summed E-state index contributed by atoms with van der Waals surface area (Å²) in [6.45, 7) is 9.08. The Morgan fingerprint density at radius 3 is 2.43 bits per heavy atom. The van der Waals surface area contributed by atoms with Gasteiger partial charge in [-0.2, -0.15) is 0 Å². The first-order chi connectivity index (χ1) is 17.6. The van der Waals surface area contributed by atoms with E-state index in [9.17, 15) is 19.5 Å². The second-order valence-electron chi connectivity index (χ2n) is 10.9. The number of fused-ring (bicyclic) bond motifs is 2. The first kappa shape index (κ1) is 25.9. The molecule has 4 aliphatic heterocycles. The number of likely N-dealkylation sites (tertiary alicyclic amines) is 1. The molecule has 198 valence electrons. The number of carbonyl (C=O) groups excluding carboxylic acids is 3. The number of carbonyl (C=O) groups is 3. The largest absolute Gasteiger partial charge is 0.494 e. The van der Waals surface area contributed by atoms with E-state index in [0.717, 1.165) is 11.4 Å². The van der Waals surface area contributed by atoms with Gasteiger partial charge in [-0.25, -0.2) is 0 Å². The molecule has 0 bridgehead atoms. The third kappa shape index (κ3) is 4.07. The summed E-state index contributed by atoms with van der Waals surface area (Å²) >= 11 is 1.55. The van der Waals surface area contributed by atoms with Crippen LogP contribution in [0, 0.1) is 11.8 Å². The minimum Gasteiger partial charge on any atom is -0.494 e. The number of nitrogens with zero attached hydrogens (tertiary/aromatic N) is 3. The van der Waals surface area contributed by atoms with Crippen LogP contribution in [-0.2, 0) is 14.4 Å². The van der Waals surface area contributed by atoms with Gasteiger partial charge in [-0.05, 0) is 52.0 Å². The number of hydrogen-bond donors (Lipinski definition) is 1. The van der Waals surface area contributed by atoms with Crippen molar-refractivity contribution in [3.05, 3.63) is 48.6 Å². The molecule has 0 aliphatic carbocycles. The lowest BCUT2D eigenvalue weighted by Crippen LogP contribution is -2.57. The molecule has 4 aliphatic rings. The SMILES string of the molecule is CCOc1ccc(N2CC=C[C@H]3S[C@]45C=CCN(C(C)(C)C)C(=O)C4N(CCO)C(=O)[C@@H]5[C@H]3C2=O)cc1. The lowest BCUT2D eigenvalue weighted by atomic mass is 9.78. The fourth-order valence-electron chi connectivity index (χ4n) is 6.21. The molecule has 1 N–H and O–H groups in total. The fraction of sp³-hybridized carbons (Fsp3) is 0.536. The molecular weight excluding hydrogens is 490 g/mol. The summed E-state index contributed by atoms with van der Waals surface area (Å²) in [6.07, 6.45) is 7.99. The van der Waals surface area contributed by atoms with E-state index in [1.165, 1.54) is 4.90 Å². The van der Waals surface area contributed by atoms with E-state index in [4.69, 9.17) is 4.74 Å². The highest BCUT2D eigenvalue weighted by Gasteiger charge is 2.71. The molecule has 2 fully saturated rings. The number of hydrogen-bond acceptors (Lipinski definition) is 6. The zero-order valence-electron chi connectivity index (χ0n) is 21.8. The zero-order chi connectivity index (χ0) is 26.5. The van der Waals surface area contributed by atoms with E-state index in [1.54, 1.807) is 21.6 Å². The summed E-state index contributed by atoms with van der Waals surface area (Å²) < 4.78 is 4.68. The van der Waals surface area contributed by atoms with Crippen molar-refractivity contribution in [1.29, 1.82) is 0 Å². The van der Waals surface area contributed by atoms with Gasteiger partial charge in [-0.1, -0.05) is 24.3 Å². The van der Waals surface area contributed by atoms with Gasteiger partial charge in [0.25, 0.3) is 0 Å². The van der Waals surface area contributed by atoms with E-state index in [0.29, 0.717) is 19.7 Å². The van der Waals surface area contributed by atoms with Gasteiger partial charge in [0.15, 0.2) is 0 Å². The van der Waals surface area contributed by atoms with Crippen LogP contribution in [0.1, 0.15) is 27.7 Å². The van der Waals surface area contributed by atoms with Crippen LogP contribution in [0.25, 0.3) is 0 Å². The quantitative estimate of drug-likeness (QED) is 0.594. The van der Waals surface area contributed by atoms with Gasteiger partial charge < -0.3 is 24.5 Å². The van der Waals surface area contributed by atoms with Crippen molar-refractivity contribution in [2.45, 2.75) is 49.3 Å². The fourth-order valence-corrected chi connectivity index (χ4v) is 8.22. The molecule has 1 unspecified atom stereocenters. The minimum absolute atomic E-state index is 0.0594. The molecular formula is C28H35N3O5S. The van der Waals surface area contributed by atoms with Crippen LogP contribution in [0.3, 0.4) is 0 Å². The molecule has 4 heterocycles. The van der Waals surface area contributed by atoms with Crippen LogP contribution in [-0.4, -0.2) is 87.1 Å². The van der Waals surface area contributed by atoms with Crippen molar-refractivity contribution >= 4 is 35.2 Å². The second-order valence-corrected chi connectivity index (χ2v) is 12.4. The Morgan fingerprint density at radius 2 is 1.78 bits per heavy atom. The molecule has 8 nitrogen and oxygen atoms in total. The highest BCUT2D eigenvalue weighted by molar-refractivity contribution is 8.02. The number of thioether (sulfide) groups is 1. The Kier molecular flexibility index (Phi) is 6.64. The van der Waals surface area contributed by atoms with Gasteiger partial charge in [-0.15, -0.1) is 11.8 Å². The summed E-state index contributed by atoms with van der Waals surface area (Å²) in [4.78, 5) is 47.2. The molecule has 5 rings (SSSR count). The van der Waals surface area contributed by atoms with Crippen molar-refractivity contribution in [1.82, 2.24) is 9.80 Å². The summed E-state index contributed by atoms with van der Waals surface area (Å²) in [5.41, 5.74) is 0.303. The highest BCUT2D eigenvalue weighted by atomic mass is 32.2. The molecule has 9 heteroatoms. The van der Waals surface area contributed by atoms with Gasteiger partial charge >= 0.3 is 0 Å². The number of rotatable bonds is 5. The molecule has 5 atom stereocenters. The Balaban J connectivity index is 1.55. The van der Waals surface area contributed by atoms with Gasteiger partial charge in [0.1, 0.15) is 11.8 Å². The number of β-amino-alcohol motifs (C(OH)–C–C–N with tert-alkyl or cyclic N) is 1. The predicted octanol–water partition coefficient (Wildman–Crippen LogP) is 2.47. The summed E-state index contributed by atoms with van der Waals surface area (Å²) in [5, 5.41) is 9.59. The highest BCUT2D eigenvalue weighted by Crippen LogP contribution is 2.61. The molecule has 0 aromatic heterocycles. The predicted molar refractivity (Wildman–Crippen MR) is 143 cm³/mol. The molecule has 0 radical (unpaired) electrons. The maximum atomic E-state index is 14.2. The van der Waals surface area contributed by atoms with E-state index in [-0.39, 0.29) is 36.1 Å². The Bertz CT molecular complexity index is 1140. The lowest BCUT2D eigenvalue weighted by molar-refractivity contribution is -0.145. The van der Waals surface area contributed by atoms with Crippen LogP contribution < -0.4 is 9.64 Å². The average molecular weight is 526 g/mol. The molecule has 0 saturated carbocycles. The topological polar surface area (TPSA) is 90.4 Å². The number of amides is 3. The van der Waals surface area contributed by atoms with Crippen molar-refractivity contribution < 1.29 is 24.2 Å². The molecule has 1 spiro atoms. The van der Waals surface area contributed by atoms with Crippen molar-refractivity contribution in [2.24, 2.45) is 11.8 Å². The van der Waals surface area contributed by atoms with Crippen LogP contribution in [0.5, 0.6) is 5.75 Å². The molecule has 37 heavy (non-hydrogen) atoms. The Labute approximate surface area is 222 Å². The molecule has 1 aromatic rings. The second kappa shape index (κ2) is 9.51. The van der Waals surface area contributed by atoms with E-state index in [2.05, 4.69) is 0 Å². The number of anilines is 1. The van der Waals surface area contributed by atoms with Gasteiger partial charge in [0.2, 0.25) is 17.7 Å². The van der Waals surface area contributed by atoms with E-state index in [1.807, 2.05) is 76.3 Å². The number of ether oxygens (including phenoxy) is 1. The number of aliphatic hydroxyl groups is 1. The first-order valence-corrected chi connectivity index (χ1v) is 13.8. The third-order valence-corrected chi connectivity index (χ3v) is 9.51. The summed E-state index contributed by atoms with van der Waals surface area (Å²) in [6, 6.07) is 6.64. The first-order valence-electron chi connectivity index (χ1n) is 12.9. The smallest absolute Gasteiger partial charge is 0.247 e. The summed E-state index contributed by atoms with van der Waals surface area (Å²) in [7, 11) is 0.